The molecule has 2 nitrogen and oxygen atoms in total. The minimum atomic E-state index is 0.0375. The molecule has 0 amide bonds. The summed E-state index contributed by atoms with van der Waals surface area (Å²) in [5.74, 6) is 0.0860. The normalized spacial score (nSPS) is 15.6. The maximum absolute atomic E-state index is 9.51. The summed E-state index contributed by atoms with van der Waals surface area (Å²) in [4.78, 5) is 0. The summed E-state index contributed by atoms with van der Waals surface area (Å²) < 4.78 is 0. The second kappa shape index (κ2) is 9.41. The van der Waals surface area contributed by atoms with E-state index >= 15 is 0 Å². The molecule has 0 heterocycles. The molecular formula is C31H26O2. The number of rotatable bonds is 6. The summed E-state index contributed by atoms with van der Waals surface area (Å²) in [5.41, 5.74) is 10.2. The van der Waals surface area contributed by atoms with E-state index in [2.05, 4.69) is 78.9 Å². The maximum atomic E-state index is 9.51. The van der Waals surface area contributed by atoms with Gasteiger partial charge in [0.05, 0.1) is 13.2 Å². The zero-order valence-electron chi connectivity index (χ0n) is 18.4. The van der Waals surface area contributed by atoms with Gasteiger partial charge in [-0.15, -0.1) is 0 Å². The Balaban J connectivity index is 1.75. The van der Waals surface area contributed by atoms with Crippen molar-refractivity contribution < 1.29 is 10.2 Å². The lowest BCUT2D eigenvalue weighted by molar-refractivity contribution is 0.281. The van der Waals surface area contributed by atoms with Crippen molar-refractivity contribution >= 4 is 16.7 Å². The molecule has 4 aromatic rings. The Hall–Kier alpha value is -3.72. The molecule has 0 fully saturated rings. The van der Waals surface area contributed by atoms with Gasteiger partial charge in [-0.05, 0) is 50.1 Å². The molecular weight excluding hydrogens is 404 g/mol. The van der Waals surface area contributed by atoms with Crippen LogP contribution in [0.25, 0.3) is 16.7 Å². The summed E-state index contributed by atoms with van der Waals surface area (Å²) in [6, 6.07) is 37.6. The molecule has 5 rings (SSSR count). The highest BCUT2D eigenvalue weighted by Crippen LogP contribution is 2.51. The van der Waals surface area contributed by atoms with E-state index in [1.807, 2.05) is 36.4 Å². The van der Waals surface area contributed by atoms with Crippen LogP contribution >= 0.6 is 0 Å². The fourth-order valence-electron chi connectivity index (χ4n) is 4.61. The van der Waals surface area contributed by atoms with Crippen molar-refractivity contribution in [2.45, 2.75) is 19.1 Å². The first-order valence-corrected chi connectivity index (χ1v) is 11.3. The summed E-state index contributed by atoms with van der Waals surface area (Å²) >= 11 is 0. The van der Waals surface area contributed by atoms with Gasteiger partial charge in [0.25, 0.3) is 0 Å². The Kier molecular flexibility index (Phi) is 6.03. The molecule has 1 aliphatic rings. The van der Waals surface area contributed by atoms with Crippen molar-refractivity contribution in [2.24, 2.45) is 0 Å². The number of allylic oxidation sites excluding steroid dienone is 4. The van der Waals surface area contributed by atoms with Crippen LogP contribution in [0.3, 0.4) is 0 Å². The number of aliphatic hydroxyl groups is 2. The van der Waals surface area contributed by atoms with Crippen molar-refractivity contribution in [2.75, 3.05) is 0 Å². The molecule has 33 heavy (non-hydrogen) atoms. The van der Waals surface area contributed by atoms with Gasteiger partial charge in [0.2, 0.25) is 0 Å². The second-order valence-electron chi connectivity index (χ2n) is 8.33. The monoisotopic (exact) mass is 430 g/mol. The number of hydrogen-bond donors (Lipinski definition) is 2. The highest BCUT2D eigenvalue weighted by molar-refractivity contribution is 6.20. The van der Waals surface area contributed by atoms with E-state index in [-0.39, 0.29) is 19.1 Å². The van der Waals surface area contributed by atoms with E-state index in [1.54, 1.807) is 0 Å². The topological polar surface area (TPSA) is 40.5 Å². The fourth-order valence-corrected chi connectivity index (χ4v) is 4.61. The van der Waals surface area contributed by atoms with E-state index in [9.17, 15) is 10.2 Å². The van der Waals surface area contributed by atoms with Crippen molar-refractivity contribution in [3.8, 4) is 0 Å². The van der Waals surface area contributed by atoms with Gasteiger partial charge in [-0.1, -0.05) is 115 Å². The van der Waals surface area contributed by atoms with Gasteiger partial charge < -0.3 is 10.2 Å². The van der Waals surface area contributed by atoms with Gasteiger partial charge >= 0.3 is 0 Å². The number of benzene rings is 4. The smallest absolute Gasteiger partial charge is 0.0681 e. The quantitative estimate of drug-likeness (QED) is 0.368. The summed E-state index contributed by atoms with van der Waals surface area (Å²) in [5, 5.41) is 19.0. The Morgan fingerprint density at radius 2 is 1.03 bits per heavy atom. The first kappa shape index (κ1) is 21.1. The minimum absolute atomic E-state index is 0.0375. The lowest BCUT2D eigenvalue weighted by Crippen LogP contribution is -1.99. The van der Waals surface area contributed by atoms with Gasteiger partial charge in [0.15, 0.2) is 0 Å². The molecule has 0 bridgehead atoms. The SMILES string of the molecule is OCc1ccc(C2=CC(c3ccc(CO)cc3)C(c3ccccc3)=C2c2ccccc2)cc1. The molecule has 2 heteroatoms. The van der Waals surface area contributed by atoms with Crippen LogP contribution in [-0.2, 0) is 13.2 Å². The van der Waals surface area contributed by atoms with E-state index in [4.69, 9.17) is 0 Å². The average molecular weight is 431 g/mol. The molecule has 0 spiro atoms. The third-order valence-corrected chi connectivity index (χ3v) is 6.30. The van der Waals surface area contributed by atoms with E-state index in [1.165, 1.54) is 33.4 Å². The van der Waals surface area contributed by atoms with Crippen LogP contribution < -0.4 is 0 Å². The van der Waals surface area contributed by atoms with Crippen LogP contribution in [0.2, 0.25) is 0 Å². The number of aliphatic hydroxyl groups excluding tert-OH is 2. The third-order valence-electron chi connectivity index (χ3n) is 6.30. The largest absolute Gasteiger partial charge is 0.392 e. The highest BCUT2D eigenvalue weighted by Gasteiger charge is 2.30. The van der Waals surface area contributed by atoms with Gasteiger partial charge in [0, 0.05) is 5.92 Å². The second-order valence-corrected chi connectivity index (χ2v) is 8.33. The van der Waals surface area contributed by atoms with E-state index in [0.29, 0.717) is 0 Å². The van der Waals surface area contributed by atoms with Crippen LogP contribution in [-0.4, -0.2) is 10.2 Å². The Morgan fingerprint density at radius 1 is 0.515 bits per heavy atom. The molecule has 162 valence electrons. The zero-order chi connectivity index (χ0) is 22.6. The van der Waals surface area contributed by atoms with Gasteiger partial charge in [0.1, 0.15) is 0 Å². The van der Waals surface area contributed by atoms with Crippen LogP contribution in [0, 0.1) is 0 Å². The molecule has 1 atom stereocenters. The molecule has 2 N–H and O–H groups in total. The summed E-state index contributed by atoms with van der Waals surface area (Å²) in [6.07, 6.45) is 2.35. The Bertz CT molecular complexity index is 1280. The Labute approximate surface area is 194 Å². The van der Waals surface area contributed by atoms with Crippen LogP contribution in [0.5, 0.6) is 0 Å². The maximum Gasteiger partial charge on any atom is 0.0681 e. The van der Waals surface area contributed by atoms with Crippen LogP contribution in [0.15, 0.2) is 115 Å². The first-order valence-electron chi connectivity index (χ1n) is 11.3. The highest BCUT2D eigenvalue weighted by atomic mass is 16.3. The summed E-state index contributed by atoms with van der Waals surface area (Å²) in [6.45, 7) is 0.0791. The molecule has 0 saturated heterocycles. The molecule has 0 aromatic heterocycles. The molecule has 0 radical (unpaired) electrons. The van der Waals surface area contributed by atoms with Crippen molar-refractivity contribution in [3.05, 3.63) is 149 Å². The standard InChI is InChI=1S/C31H26O2/c32-20-22-11-15-24(16-12-22)28-19-29(25-17-13-23(21-33)14-18-25)31(27-9-5-2-6-10-27)30(28)26-7-3-1-4-8-26/h1-19,28,32-33H,20-21H2. The molecule has 4 aromatic carbocycles. The van der Waals surface area contributed by atoms with E-state index in [0.717, 1.165) is 16.7 Å². The third kappa shape index (κ3) is 4.19. The van der Waals surface area contributed by atoms with Crippen LogP contribution in [0.1, 0.15) is 39.3 Å². The Morgan fingerprint density at radius 3 is 1.58 bits per heavy atom. The molecule has 0 saturated carbocycles. The van der Waals surface area contributed by atoms with Gasteiger partial charge in [-0.2, -0.15) is 0 Å². The van der Waals surface area contributed by atoms with Crippen LogP contribution in [0.4, 0.5) is 0 Å². The zero-order valence-corrected chi connectivity index (χ0v) is 18.4. The van der Waals surface area contributed by atoms with Gasteiger partial charge in [-0.25, -0.2) is 0 Å². The lowest BCUT2D eigenvalue weighted by Gasteiger charge is -2.18. The summed E-state index contributed by atoms with van der Waals surface area (Å²) in [7, 11) is 0. The van der Waals surface area contributed by atoms with Gasteiger partial charge in [-0.3, -0.25) is 0 Å². The first-order chi connectivity index (χ1) is 16.3. The molecule has 0 aliphatic heterocycles. The van der Waals surface area contributed by atoms with Crippen molar-refractivity contribution in [3.63, 3.8) is 0 Å². The fraction of sp³-hybridized carbons (Fsp3) is 0.0968. The van der Waals surface area contributed by atoms with Crippen molar-refractivity contribution in [1.82, 2.24) is 0 Å². The van der Waals surface area contributed by atoms with Crippen molar-refractivity contribution in [1.29, 1.82) is 0 Å². The molecule has 1 aliphatic carbocycles. The van der Waals surface area contributed by atoms with E-state index < -0.39 is 0 Å². The molecule has 1 unspecified atom stereocenters. The average Bonchev–Trinajstić information content (AvgIpc) is 3.30. The predicted octanol–water partition coefficient (Wildman–Crippen LogP) is 6.46. The number of hydrogen-bond acceptors (Lipinski definition) is 2. The predicted molar refractivity (Wildman–Crippen MR) is 135 cm³/mol. The minimum Gasteiger partial charge on any atom is -0.392 e. The lowest BCUT2D eigenvalue weighted by atomic mass is 9.85.